The van der Waals surface area contributed by atoms with Crippen LogP contribution in [0.1, 0.15) is 11.3 Å². The second-order valence-electron chi connectivity index (χ2n) is 4.08. The summed E-state index contributed by atoms with van der Waals surface area (Å²) in [4.78, 5) is 0. The van der Waals surface area contributed by atoms with Crippen molar-refractivity contribution in [2.24, 2.45) is 5.73 Å². The van der Waals surface area contributed by atoms with E-state index in [9.17, 15) is 8.78 Å². The molecule has 0 aliphatic heterocycles. The van der Waals surface area contributed by atoms with Crippen molar-refractivity contribution in [3.63, 3.8) is 0 Å². The average molecular weight is 303 g/mol. The molecule has 108 valence electrons. The number of benzene rings is 1. The Morgan fingerprint density at radius 1 is 1.40 bits per heavy atom. The smallest absolute Gasteiger partial charge is 0.387 e. The minimum Gasteiger partial charge on any atom is -0.434 e. The van der Waals surface area contributed by atoms with E-state index >= 15 is 0 Å². The number of halogens is 3. The lowest BCUT2D eigenvalue weighted by molar-refractivity contribution is -0.0505. The first-order chi connectivity index (χ1) is 9.58. The van der Waals surface area contributed by atoms with Crippen molar-refractivity contribution in [2.45, 2.75) is 19.6 Å². The molecular weight excluding hydrogens is 290 g/mol. The van der Waals surface area contributed by atoms with E-state index in [-0.39, 0.29) is 12.3 Å². The number of hydrogen-bond donors (Lipinski definition) is 1. The largest absolute Gasteiger partial charge is 0.434 e. The molecule has 2 rings (SSSR count). The quantitative estimate of drug-likeness (QED) is 0.887. The highest BCUT2D eigenvalue weighted by atomic mass is 35.5. The van der Waals surface area contributed by atoms with Gasteiger partial charge in [-0.3, -0.25) is 0 Å². The van der Waals surface area contributed by atoms with Gasteiger partial charge in [0, 0.05) is 23.2 Å². The van der Waals surface area contributed by atoms with Gasteiger partial charge in [0.25, 0.3) is 0 Å². The van der Waals surface area contributed by atoms with Crippen LogP contribution in [0.5, 0.6) is 5.75 Å². The highest BCUT2D eigenvalue weighted by Gasteiger charge is 2.11. The second kappa shape index (κ2) is 6.62. The summed E-state index contributed by atoms with van der Waals surface area (Å²) in [5, 5.41) is 8.27. The van der Waals surface area contributed by atoms with Crippen molar-refractivity contribution >= 4 is 11.6 Å². The summed E-state index contributed by atoms with van der Waals surface area (Å²) in [6.45, 7) is -2.19. The zero-order valence-corrected chi connectivity index (χ0v) is 11.2. The standard InChI is InChI=1S/C12H13ClF2N4O/c13-9-1-2-11(20-12(14)15)8(5-9)6-19-7-10(3-4-16)17-18-19/h1-2,5,7,12H,3-4,6,16H2. The topological polar surface area (TPSA) is 66.0 Å². The van der Waals surface area contributed by atoms with Gasteiger partial charge in [-0.2, -0.15) is 8.78 Å². The molecule has 2 aromatic rings. The van der Waals surface area contributed by atoms with Gasteiger partial charge in [-0.05, 0) is 24.7 Å². The highest BCUT2D eigenvalue weighted by Crippen LogP contribution is 2.25. The van der Waals surface area contributed by atoms with Crippen LogP contribution >= 0.6 is 11.6 Å². The molecule has 0 spiro atoms. The molecule has 0 bridgehead atoms. The Morgan fingerprint density at radius 2 is 2.20 bits per heavy atom. The summed E-state index contributed by atoms with van der Waals surface area (Å²) in [6, 6.07) is 4.45. The van der Waals surface area contributed by atoms with Crippen LogP contribution in [-0.4, -0.2) is 28.2 Å². The van der Waals surface area contributed by atoms with Gasteiger partial charge in [0.05, 0.1) is 12.2 Å². The van der Waals surface area contributed by atoms with Gasteiger partial charge in [-0.25, -0.2) is 4.68 Å². The fourth-order valence-corrected chi connectivity index (χ4v) is 1.93. The van der Waals surface area contributed by atoms with Gasteiger partial charge in [-0.1, -0.05) is 16.8 Å². The first-order valence-corrected chi connectivity index (χ1v) is 6.28. The van der Waals surface area contributed by atoms with Crippen molar-refractivity contribution in [1.82, 2.24) is 15.0 Å². The number of hydrogen-bond acceptors (Lipinski definition) is 4. The summed E-state index contributed by atoms with van der Waals surface area (Å²) in [5.41, 5.74) is 6.67. The van der Waals surface area contributed by atoms with Crippen molar-refractivity contribution in [3.8, 4) is 5.75 Å². The SMILES string of the molecule is NCCc1cn(Cc2cc(Cl)ccc2OC(F)F)nn1. The van der Waals surface area contributed by atoms with Crippen LogP contribution in [0.2, 0.25) is 5.02 Å². The zero-order valence-electron chi connectivity index (χ0n) is 10.5. The van der Waals surface area contributed by atoms with Crippen LogP contribution in [0, 0.1) is 0 Å². The number of alkyl halides is 2. The Balaban J connectivity index is 2.19. The van der Waals surface area contributed by atoms with E-state index in [2.05, 4.69) is 15.0 Å². The molecule has 5 nitrogen and oxygen atoms in total. The van der Waals surface area contributed by atoms with Crippen molar-refractivity contribution in [3.05, 3.63) is 40.7 Å². The normalized spacial score (nSPS) is 11.1. The molecule has 0 fully saturated rings. The van der Waals surface area contributed by atoms with Crippen molar-refractivity contribution in [2.75, 3.05) is 6.54 Å². The predicted molar refractivity (Wildman–Crippen MR) is 70.0 cm³/mol. The molecule has 20 heavy (non-hydrogen) atoms. The fraction of sp³-hybridized carbons (Fsp3) is 0.333. The van der Waals surface area contributed by atoms with Gasteiger partial charge >= 0.3 is 6.61 Å². The monoisotopic (exact) mass is 302 g/mol. The minimum absolute atomic E-state index is 0.0697. The molecule has 1 heterocycles. The summed E-state index contributed by atoms with van der Waals surface area (Å²) in [6.07, 6.45) is 2.32. The Morgan fingerprint density at radius 3 is 2.90 bits per heavy atom. The molecule has 0 aliphatic carbocycles. The van der Waals surface area contributed by atoms with Crippen molar-refractivity contribution in [1.29, 1.82) is 0 Å². The highest BCUT2D eigenvalue weighted by molar-refractivity contribution is 6.30. The van der Waals surface area contributed by atoms with E-state index in [0.717, 1.165) is 5.69 Å². The van der Waals surface area contributed by atoms with E-state index in [4.69, 9.17) is 17.3 Å². The Bertz CT molecular complexity index is 576. The number of aromatic nitrogens is 3. The molecule has 0 saturated carbocycles. The third-order valence-corrected chi connectivity index (χ3v) is 2.79. The number of ether oxygens (including phenoxy) is 1. The molecule has 1 aromatic carbocycles. The van der Waals surface area contributed by atoms with Crippen LogP contribution in [0.4, 0.5) is 8.78 Å². The predicted octanol–water partition coefficient (Wildman–Crippen LogP) is 2.08. The lowest BCUT2D eigenvalue weighted by atomic mass is 10.2. The van der Waals surface area contributed by atoms with Crippen LogP contribution < -0.4 is 10.5 Å². The summed E-state index contributed by atoms with van der Waals surface area (Å²) < 4.78 is 30.7. The lowest BCUT2D eigenvalue weighted by Gasteiger charge is -2.10. The number of rotatable bonds is 6. The Hall–Kier alpha value is -1.73. The summed E-state index contributed by atoms with van der Waals surface area (Å²) >= 11 is 5.87. The van der Waals surface area contributed by atoms with E-state index < -0.39 is 6.61 Å². The van der Waals surface area contributed by atoms with Crippen LogP contribution in [-0.2, 0) is 13.0 Å². The second-order valence-corrected chi connectivity index (χ2v) is 4.51. The molecule has 2 N–H and O–H groups in total. The average Bonchev–Trinajstić information content (AvgIpc) is 2.80. The van der Waals surface area contributed by atoms with Gasteiger partial charge in [0.2, 0.25) is 0 Å². The van der Waals surface area contributed by atoms with Gasteiger partial charge in [-0.15, -0.1) is 5.10 Å². The molecule has 0 saturated heterocycles. The first kappa shape index (κ1) is 14.7. The molecule has 0 atom stereocenters. The molecule has 0 radical (unpaired) electrons. The summed E-state index contributed by atoms with van der Waals surface area (Å²) in [5.74, 6) is 0.0697. The molecular formula is C12H13ClF2N4O. The first-order valence-electron chi connectivity index (χ1n) is 5.91. The van der Waals surface area contributed by atoms with Crippen LogP contribution in [0.3, 0.4) is 0 Å². The molecule has 1 aromatic heterocycles. The van der Waals surface area contributed by atoms with E-state index in [1.165, 1.54) is 16.8 Å². The van der Waals surface area contributed by atoms with E-state index in [1.807, 2.05) is 0 Å². The zero-order chi connectivity index (χ0) is 14.5. The molecule has 8 heteroatoms. The summed E-state index contributed by atoms with van der Waals surface area (Å²) in [7, 11) is 0. The minimum atomic E-state index is -2.89. The van der Waals surface area contributed by atoms with E-state index in [1.54, 1.807) is 12.3 Å². The van der Waals surface area contributed by atoms with E-state index in [0.29, 0.717) is 23.6 Å². The maximum Gasteiger partial charge on any atom is 0.387 e. The van der Waals surface area contributed by atoms with Crippen LogP contribution in [0.15, 0.2) is 24.4 Å². The van der Waals surface area contributed by atoms with Gasteiger partial charge < -0.3 is 10.5 Å². The number of nitrogens with zero attached hydrogens (tertiary/aromatic N) is 3. The third kappa shape index (κ3) is 3.88. The number of nitrogens with two attached hydrogens (primary N) is 1. The maximum atomic E-state index is 12.3. The molecule has 0 amide bonds. The lowest BCUT2D eigenvalue weighted by Crippen LogP contribution is -2.07. The Labute approximate surface area is 119 Å². The van der Waals surface area contributed by atoms with Gasteiger partial charge in [0.15, 0.2) is 0 Å². The van der Waals surface area contributed by atoms with Gasteiger partial charge in [0.1, 0.15) is 5.75 Å². The van der Waals surface area contributed by atoms with Crippen LogP contribution in [0.25, 0.3) is 0 Å². The third-order valence-electron chi connectivity index (χ3n) is 2.56. The maximum absolute atomic E-state index is 12.3. The molecule has 0 aliphatic rings. The molecule has 0 unspecified atom stereocenters. The fourth-order valence-electron chi connectivity index (χ4n) is 1.74. The Kier molecular flexibility index (Phi) is 4.86. The van der Waals surface area contributed by atoms with Crippen molar-refractivity contribution < 1.29 is 13.5 Å².